The average molecular weight is 337 g/mol. The SMILES string of the molecule is Cc1[nH]c(=O)c(C#N)cc1C(=O)N1CCOC(Cc2ccccc2)C1. The summed E-state index contributed by atoms with van der Waals surface area (Å²) in [6.07, 6.45) is 0.664. The Balaban J connectivity index is 1.76. The number of H-pyrrole nitrogens is 1. The highest BCUT2D eigenvalue weighted by Gasteiger charge is 2.26. The van der Waals surface area contributed by atoms with Gasteiger partial charge in [-0.3, -0.25) is 9.59 Å². The summed E-state index contributed by atoms with van der Waals surface area (Å²) in [6.45, 7) is 3.10. The molecule has 1 unspecified atom stereocenters. The van der Waals surface area contributed by atoms with Crippen molar-refractivity contribution < 1.29 is 9.53 Å². The number of hydrogen-bond donors (Lipinski definition) is 1. The predicted molar refractivity (Wildman–Crippen MR) is 92.3 cm³/mol. The van der Waals surface area contributed by atoms with Crippen LogP contribution in [0.5, 0.6) is 0 Å². The molecule has 0 aliphatic carbocycles. The van der Waals surface area contributed by atoms with Crippen molar-refractivity contribution in [1.29, 1.82) is 5.26 Å². The van der Waals surface area contributed by atoms with Crippen LogP contribution in [0.4, 0.5) is 0 Å². The van der Waals surface area contributed by atoms with Gasteiger partial charge in [0.2, 0.25) is 0 Å². The van der Waals surface area contributed by atoms with Gasteiger partial charge in [-0.05, 0) is 18.6 Å². The molecule has 1 aromatic carbocycles. The molecule has 3 rings (SSSR count). The first-order valence-electron chi connectivity index (χ1n) is 8.17. The zero-order valence-electron chi connectivity index (χ0n) is 14.0. The number of carbonyl (C=O) groups excluding carboxylic acids is 1. The molecule has 0 saturated carbocycles. The highest BCUT2D eigenvalue weighted by molar-refractivity contribution is 5.95. The first-order valence-corrected chi connectivity index (χ1v) is 8.17. The molecule has 2 aromatic rings. The molecule has 128 valence electrons. The minimum absolute atomic E-state index is 0.0527. The van der Waals surface area contributed by atoms with Gasteiger partial charge in [-0.2, -0.15) is 5.26 Å². The molecule has 1 atom stereocenters. The third-order valence-electron chi connectivity index (χ3n) is 4.32. The Morgan fingerprint density at radius 2 is 2.16 bits per heavy atom. The van der Waals surface area contributed by atoms with Crippen molar-refractivity contribution in [1.82, 2.24) is 9.88 Å². The number of rotatable bonds is 3. The van der Waals surface area contributed by atoms with Crippen LogP contribution in [-0.4, -0.2) is 41.6 Å². The molecule has 0 bridgehead atoms. The summed E-state index contributed by atoms with van der Waals surface area (Å²) in [5, 5.41) is 9.02. The van der Waals surface area contributed by atoms with Crippen molar-refractivity contribution in [2.24, 2.45) is 0 Å². The average Bonchev–Trinajstić information content (AvgIpc) is 2.62. The van der Waals surface area contributed by atoms with Crippen molar-refractivity contribution >= 4 is 5.91 Å². The second-order valence-corrected chi connectivity index (χ2v) is 6.10. The molecule has 1 saturated heterocycles. The number of hydrogen-bond acceptors (Lipinski definition) is 4. The molecule has 1 fully saturated rings. The van der Waals surface area contributed by atoms with Gasteiger partial charge in [-0.1, -0.05) is 30.3 Å². The molecule has 2 heterocycles. The lowest BCUT2D eigenvalue weighted by atomic mass is 10.1. The number of nitrogens with zero attached hydrogens (tertiary/aromatic N) is 2. The Bertz CT molecular complexity index is 868. The molecule has 1 N–H and O–H groups in total. The number of nitriles is 1. The van der Waals surface area contributed by atoms with Gasteiger partial charge in [0.15, 0.2) is 0 Å². The molecule has 6 nitrogen and oxygen atoms in total. The zero-order valence-corrected chi connectivity index (χ0v) is 14.0. The molecular formula is C19H19N3O3. The summed E-state index contributed by atoms with van der Waals surface area (Å²) >= 11 is 0. The molecule has 25 heavy (non-hydrogen) atoms. The van der Waals surface area contributed by atoms with E-state index >= 15 is 0 Å². The lowest BCUT2D eigenvalue weighted by molar-refractivity contribution is -0.0208. The topological polar surface area (TPSA) is 86.2 Å². The number of morpholine rings is 1. The second kappa shape index (κ2) is 7.32. The molecule has 1 aliphatic heterocycles. The van der Waals surface area contributed by atoms with E-state index in [0.29, 0.717) is 31.0 Å². The van der Waals surface area contributed by atoms with Crippen molar-refractivity contribution in [2.45, 2.75) is 19.4 Å². The highest BCUT2D eigenvalue weighted by atomic mass is 16.5. The van der Waals surface area contributed by atoms with E-state index in [0.717, 1.165) is 12.0 Å². The zero-order chi connectivity index (χ0) is 17.8. The van der Waals surface area contributed by atoms with E-state index in [2.05, 4.69) is 4.98 Å². The van der Waals surface area contributed by atoms with Crippen molar-refractivity contribution in [2.75, 3.05) is 19.7 Å². The summed E-state index contributed by atoms with van der Waals surface area (Å²) in [5.41, 5.74) is 1.47. The molecule has 0 spiro atoms. The van der Waals surface area contributed by atoms with E-state index in [4.69, 9.17) is 10.00 Å². The van der Waals surface area contributed by atoms with Gasteiger partial charge in [0.05, 0.1) is 18.3 Å². The Morgan fingerprint density at radius 3 is 2.88 bits per heavy atom. The van der Waals surface area contributed by atoms with Crippen LogP contribution in [0, 0.1) is 18.3 Å². The van der Waals surface area contributed by atoms with Crippen molar-refractivity contribution in [3.8, 4) is 6.07 Å². The maximum absolute atomic E-state index is 12.8. The van der Waals surface area contributed by atoms with Crippen LogP contribution in [0.15, 0.2) is 41.2 Å². The van der Waals surface area contributed by atoms with Gasteiger partial charge in [-0.15, -0.1) is 0 Å². The summed E-state index contributed by atoms with van der Waals surface area (Å²) in [6, 6.07) is 13.2. The normalized spacial score (nSPS) is 17.1. The van der Waals surface area contributed by atoms with Gasteiger partial charge in [0, 0.05) is 25.2 Å². The molecule has 6 heteroatoms. The molecule has 1 aromatic heterocycles. The number of benzene rings is 1. The molecule has 1 aliphatic rings. The number of aromatic nitrogens is 1. The first-order chi connectivity index (χ1) is 12.1. The van der Waals surface area contributed by atoms with Gasteiger partial charge in [0.25, 0.3) is 11.5 Å². The smallest absolute Gasteiger partial charge is 0.266 e. The Morgan fingerprint density at radius 1 is 1.40 bits per heavy atom. The molecule has 1 amide bonds. The monoisotopic (exact) mass is 337 g/mol. The number of nitrogens with one attached hydrogen (secondary N) is 1. The first kappa shape index (κ1) is 16.9. The van der Waals surface area contributed by atoms with Crippen LogP contribution in [0.2, 0.25) is 0 Å². The summed E-state index contributed by atoms with van der Waals surface area (Å²) in [4.78, 5) is 28.8. The van der Waals surface area contributed by atoms with E-state index in [1.165, 1.54) is 6.07 Å². The number of ether oxygens (including phenoxy) is 1. The van der Waals surface area contributed by atoms with Crippen LogP contribution in [-0.2, 0) is 11.2 Å². The van der Waals surface area contributed by atoms with E-state index in [1.807, 2.05) is 36.4 Å². The Labute approximate surface area is 145 Å². The number of aromatic amines is 1. The lowest BCUT2D eigenvalue weighted by Gasteiger charge is -2.33. The maximum atomic E-state index is 12.8. The Kier molecular flexibility index (Phi) is 4.96. The van der Waals surface area contributed by atoms with Gasteiger partial charge in [0.1, 0.15) is 11.6 Å². The van der Waals surface area contributed by atoms with Crippen LogP contribution >= 0.6 is 0 Å². The number of carbonyl (C=O) groups is 1. The van der Waals surface area contributed by atoms with Crippen LogP contribution in [0.25, 0.3) is 0 Å². The highest BCUT2D eigenvalue weighted by Crippen LogP contribution is 2.16. The fourth-order valence-corrected chi connectivity index (χ4v) is 3.00. The third kappa shape index (κ3) is 3.78. The molecular weight excluding hydrogens is 318 g/mol. The minimum Gasteiger partial charge on any atom is -0.374 e. The second-order valence-electron chi connectivity index (χ2n) is 6.10. The van der Waals surface area contributed by atoms with Crippen LogP contribution in [0.3, 0.4) is 0 Å². The fourth-order valence-electron chi connectivity index (χ4n) is 3.00. The van der Waals surface area contributed by atoms with Crippen LogP contribution in [0.1, 0.15) is 27.2 Å². The van der Waals surface area contributed by atoms with Gasteiger partial charge in [-0.25, -0.2) is 0 Å². The largest absolute Gasteiger partial charge is 0.374 e. The van der Waals surface area contributed by atoms with E-state index < -0.39 is 5.56 Å². The third-order valence-corrected chi connectivity index (χ3v) is 4.32. The lowest BCUT2D eigenvalue weighted by Crippen LogP contribution is -2.46. The van der Waals surface area contributed by atoms with Crippen molar-refractivity contribution in [3.05, 3.63) is 69.1 Å². The molecule has 0 radical (unpaired) electrons. The summed E-state index contributed by atoms with van der Waals surface area (Å²) < 4.78 is 5.79. The van der Waals surface area contributed by atoms with Gasteiger partial charge >= 0.3 is 0 Å². The van der Waals surface area contributed by atoms with E-state index in [-0.39, 0.29) is 17.6 Å². The van der Waals surface area contributed by atoms with Crippen molar-refractivity contribution in [3.63, 3.8) is 0 Å². The number of amides is 1. The van der Waals surface area contributed by atoms with Gasteiger partial charge < -0.3 is 14.6 Å². The fraction of sp³-hybridized carbons (Fsp3) is 0.316. The number of pyridine rings is 1. The maximum Gasteiger partial charge on any atom is 0.266 e. The quantitative estimate of drug-likeness (QED) is 0.922. The van der Waals surface area contributed by atoms with E-state index in [1.54, 1.807) is 11.8 Å². The van der Waals surface area contributed by atoms with Crippen LogP contribution < -0.4 is 5.56 Å². The predicted octanol–water partition coefficient (Wildman–Crippen LogP) is 1.64. The van der Waals surface area contributed by atoms with E-state index in [9.17, 15) is 9.59 Å². The summed E-state index contributed by atoms with van der Waals surface area (Å²) in [5.74, 6) is -0.188. The standard InChI is InChI=1S/C19H19N3O3/c1-13-17(10-15(11-20)18(23)21-13)19(24)22-7-8-25-16(12-22)9-14-5-3-2-4-6-14/h2-6,10,16H,7-9,12H2,1H3,(H,21,23). The minimum atomic E-state index is -0.472. The summed E-state index contributed by atoms with van der Waals surface area (Å²) in [7, 11) is 0. The Hall–Kier alpha value is -2.91. The number of aryl methyl sites for hydroxylation is 1.